The average molecular weight is 262 g/mol. The number of fused-ring (bicyclic) bond motifs is 2. The quantitative estimate of drug-likeness (QED) is 0.903. The number of ether oxygens (including phenoxy) is 3. The highest BCUT2D eigenvalue weighted by Gasteiger charge is 2.24. The Kier molecular flexibility index (Phi) is 2.86. The van der Waals surface area contributed by atoms with Crippen molar-refractivity contribution in [3.05, 3.63) is 18.0 Å². The van der Waals surface area contributed by atoms with E-state index in [-0.39, 0.29) is 0 Å². The van der Waals surface area contributed by atoms with Crippen molar-refractivity contribution in [2.24, 2.45) is 0 Å². The first-order valence-corrected chi connectivity index (χ1v) is 6.45. The molecule has 0 unspecified atom stereocenters. The molecule has 0 aliphatic carbocycles. The Morgan fingerprint density at radius 2 is 1.89 bits per heavy atom. The summed E-state index contributed by atoms with van der Waals surface area (Å²) in [5.74, 6) is 2.33. The third-order valence-electron chi connectivity index (χ3n) is 3.43. The monoisotopic (exact) mass is 262 g/mol. The van der Waals surface area contributed by atoms with Crippen LogP contribution in [0.4, 0.5) is 0 Å². The molecule has 0 atom stereocenters. The van der Waals surface area contributed by atoms with Crippen molar-refractivity contribution in [2.45, 2.75) is 25.9 Å². The van der Waals surface area contributed by atoms with E-state index in [1.54, 1.807) is 7.11 Å². The van der Waals surface area contributed by atoms with Crippen LogP contribution in [-0.2, 0) is 10.3 Å². The molecule has 1 aromatic heterocycles. The van der Waals surface area contributed by atoms with E-state index in [0.29, 0.717) is 13.2 Å². The van der Waals surface area contributed by atoms with Crippen LogP contribution in [0, 0.1) is 0 Å². The number of aromatic amines is 1. The molecular formula is C14H18N2O3. The molecule has 2 aromatic rings. The molecule has 1 aliphatic heterocycles. The minimum atomic E-state index is -0.446. The van der Waals surface area contributed by atoms with Crippen LogP contribution in [-0.4, -0.2) is 30.3 Å². The fraction of sp³-hybridized carbons (Fsp3) is 0.500. The highest BCUT2D eigenvalue weighted by molar-refractivity contribution is 5.80. The summed E-state index contributed by atoms with van der Waals surface area (Å²) in [7, 11) is 1.68. The van der Waals surface area contributed by atoms with Crippen LogP contribution in [0.15, 0.2) is 12.1 Å². The number of nitrogens with zero attached hydrogens (tertiary/aromatic N) is 1. The van der Waals surface area contributed by atoms with Crippen molar-refractivity contribution >= 4 is 11.0 Å². The number of imidazole rings is 1. The summed E-state index contributed by atoms with van der Waals surface area (Å²) >= 11 is 0. The number of H-pyrrole nitrogens is 1. The Labute approximate surface area is 111 Å². The molecule has 5 heteroatoms. The second-order valence-electron chi connectivity index (χ2n) is 5.17. The zero-order valence-corrected chi connectivity index (χ0v) is 11.4. The molecule has 102 valence electrons. The Morgan fingerprint density at radius 3 is 2.58 bits per heavy atom. The first kappa shape index (κ1) is 12.3. The first-order valence-electron chi connectivity index (χ1n) is 6.45. The van der Waals surface area contributed by atoms with E-state index in [4.69, 9.17) is 14.2 Å². The predicted octanol–water partition coefficient (Wildman–Crippen LogP) is 2.61. The molecule has 0 saturated heterocycles. The van der Waals surface area contributed by atoms with Gasteiger partial charge in [-0.05, 0) is 13.8 Å². The summed E-state index contributed by atoms with van der Waals surface area (Å²) in [6.45, 7) is 5.31. The summed E-state index contributed by atoms with van der Waals surface area (Å²) in [6.07, 6.45) is 0.901. The van der Waals surface area contributed by atoms with Gasteiger partial charge < -0.3 is 19.2 Å². The smallest absolute Gasteiger partial charge is 0.163 e. The van der Waals surface area contributed by atoms with Crippen molar-refractivity contribution < 1.29 is 14.2 Å². The molecule has 1 aromatic carbocycles. The Hall–Kier alpha value is -1.75. The summed E-state index contributed by atoms with van der Waals surface area (Å²) in [5, 5.41) is 0. The number of methoxy groups -OCH3 is 1. The van der Waals surface area contributed by atoms with Gasteiger partial charge in [-0.25, -0.2) is 4.98 Å². The maximum Gasteiger partial charge on any atom is 0.163 e. The van der Waals surface area contributed by atoms with Gasteiger partial charge in [0.25, 0.3) is 0 Å². The number of rotatable bonds is 2. The van der Waals surface area contributed by atoms with E-state index in [0.717, 1.165) is 34.8 Å². The second kappa shape index (κ2) is 4.42. The van der Waals surface area contributed by atoms with E-state index in [1.165, 1.54) is 0 Å². The van der Waals surface area contributed by atoms with Gasteiger partial charge in [-0.1, -0.05) is 0 Å². The molecule has 1 aliphatic rings. The zero-order chi connectivity index (χ0) is 13.5. The minimum Gasteiger partial charge on any atom is -0.489 e. The first-order chi connectivity index (χ1) is 9.10. The van der Waals surface area contributed by atoms with Crippen LogP contribution in [0.3, 0.4) is 0 Å². The van der Waals surface area contributed by atoms with Gasteiger partial charge in [0.2, 0.25) is 0 Å². The molecule has 3 rings (SSSR count). The summed E-state index contributed by atoms with van der Waals surface area (Å²) < 4.78 is 16.8. The van der Waals surface area contributed by atoms with E-state index in [2.05, 4.69) is 9.97 Å². The standard InChI is InChI=1S/C14H18N2O3/c1-14(2,17-3)13-15-9-7-11-12(8-10(9)16-13)19-6-4-5-18-11/h7-8H,4-6H2,1-3H3,(H,15,16). The second-order valence-corrected chi connectivity index (χ2v) is 5.17. The van der Waals surface area contributed by atoms with E-state index in [9.17, 15) is 0 Å². The maximum atomic E-state index is 5.67. The number of benzene rings is 1. The lowest BCUT2D eigenvalue weighted by Crippen LogP contribution is -2.21. The highest BCUT2D eigenvalue weighted by Crippen LogP contribution is 2.34. The van der Waals surface area contributed by atoms with Crippen molar-refractivity contribution in [3.8, 4) is 11.5 Å². The molecule has 0 bridgehead atoms. The largest absolute Gasteiger partial charge is 0.489 e. The van der Waals surface area contributed by atoms with Gasteiger partial charge in [0, 0.05) is 25.7 Å². The normalized spacial score (nSPS) is 15.5. The van der Waals surface area contributed by atoms with Gasteiger partial charge in [-0.3, -0.25) is 0 Å². The molecule has 0 amide bonds. The van der Waals surface area contributed by atoms with E-state index in [1.807, 2.05) is 26.0 Å². The van der Waals surface area contributed by atoms with Crippen LogP contribution in [0.2, 0.25) is 0 Å². The number of nitrogens with one attached hydrogen (secondary N) is 1. The van der Waals surface area contributed by atoms with Gasteiger partial charge in [-0.15, -0.1) is 0 Å². The summed E-state index contributed by atoms with van der Waals surface area (Å²) in [6, 6.07) is 3.86. The van der Waals surface area contributed by atoms with Crippen LogP contribution in [0.5, 0.6) is 11.5 Å². The Morgan fingerprint density at radius 1 is 1.21 bits per heavy atom. The minimum absolute atomic E-state index is 0.446. The van der Waals surface area contributed by atoms with Gasteiger partial charge in [-0.2, -0.15) is 0 Å². The lowest BCUT2D eigenvalue weighted by atomic mass is 10.1. The third-order valence-corrected chi connectivity index (χ3v) is 3.43. The molecule has 19 heavy (non-hydrogen) atoms. The maximum absolute atomic E-state index is 5.67. The van der Waals surface area contributed by atoms with Crippen molar-refractivity contribution in [3.63, 3.8) is 0 Å². The number of hydrogen-bond acceptors (Lipinski definition) is 4. The predicted molar refractivity (Wildman–Crippen MR) is 71.7 cm³/mol. The van der Waals surface area contributed by atoms with Gasteiger partial charge >= 0.3 is 0 Å². The van der Waals surface area contributed by atoms with Crippen LogP contribution >= 0.6 is 0 Å². The molecule has 0 saturated carbocycles. The van der Waals surface area contributed by atoms with Gasteiger partial charge in [0.05, 0.1) is 24.2 Å². The summed E-state index contributed by atoms with van der Waals surface area (Å²) in [4.78, 5) is 7.86. The topological polar surface area (TPSA) is 56.4 Å². The fourth-order valence-electron chi connectivity index (χ4n) is 2.05. The molecule has 0 spiro atoms. The third kappa shape index (κ3) is 2.14. The van der Waals surface area contributed by atoms with E-state index < -0.39 is 5.60 Å². The molecule has 0 radical (unpaired) electrons. The summed E-state index contributed by atoms with van der Waals surface area (Å²) in [5.41, 5.74) is 1.35. The zero-order valence-electron chi connectivity index (χ0n) is 11.4. The lowest BCUT2D eigenvalue weighted by molar-refractivity contribution is 0.0124. The molecule has 5 nitrogen and oxygen atoms in total. The average Bonchev–Trinajstić information content (AvgIpc) is 2.68. The Balaban J connectivity index is 2.09. The molecule has 1 N–H and O–H groups in total. The number of aromatic nitrogens is 2. The van der Waals surface area contributed by atoms with E-state index >= 15 is 0 Å². The van der Waals surface area contributed by atoms with Crippen LogP contribution in [0.25, 0.3) is 11.0 Å². The highest BCUT2D eigenvalue weighted by atomic mass is 16.5. The lowest BCUT2D eigenvalue weighted by Gasteiger charge is -2.19. The SMILES string of the molecule is COC(C)(C)c1nc2cc3c(cc2[nH]1)OCCCO3. The molecule has 0 fully saturated rings. The van der Waals surface area contributed by atoms with Crippen molar-refractivity contribution in [2.75, 3.05) is 20.3 Å². The van der Waals surface area contributed by atoms with Gasteiger partial charge in [0.15, 0.2) is 11.5 Å². The fourth-order valence-corrected chi connectivity index (χ4v) is 2.05. The molecular weight excluding hydrogens is 244 g/mol. The van der Waals surface area contributed by atoms with Crippen LogP contribution < -0.4 is 9.47 Å². The number of hydrogen-bond donors (Lipinski definition) is 1. The van der Waals surface area contributed by atoms with Crippen molar-refractivity contribution in [1.29, 1.82) is 0 Å². The van der Waals surface area contributed by atoms with Crippen LogP contribution in [0.1, 0.15) is 26.1 Å². The van der Waals surface area contributed by atoms with Crippen molar-refractivity contribution in [1.82, 2.24) is 9.97 Å². The van der Waals surface area contributed by atoms with Gasteiger partial charge in [0.1, 0.15) is 11.4 Å². The molecule has 2 heterocycles. The Bertz CT molecular complexity index is 561.